The second-order valence-electron chi connectivity index (χ2n) is 5.74. The van der Waals surface area contributed by atoms with E-state index >= 15 is 0 Å². The Hall–Kier alpha value is -0.990. The van der Waals surface area contributed by atoms with Crippen LogP contribution in [0.25, 0.3) is 0 Å². The van der Waals surface area contributed by atoms with Crippen molar-refractivity contribution in [3.05, 3.63) is 71.8 Å². The Morgan fingerprint density at radius 3 is 1.83 bits per heavy atom. The number of benzene rings is 2. The highest BCUT2D eigenvalue weighted by Gasteiger charge is 2.45. The molecule has 0 unspecified atom stereocenters. The summed E-state index contributed by atoms with van der Waals surface area (Å²) in [7, 11) is 0. The monoisotopic (exact) mass is 440 g/mol. The van der Waals surface area contributed by atoms with Crippen LogP contribution in [-0.2, 0) is 27.4 Å². The first-order chi connectivity index (χ1) is 11.8. The first-order valence-corrected chi connectivity index (χ1v) is 9.51. The van der Waals surface area contributed by atoms with Gasteiger partial charge in [-0.05, 0) is 11.1 Å². The summed E-state index contributed by atoms with van der Waals surface area (Å²) in [6.45, 7) is 0.894. The van der Waals surface area contributed by atoms with Crippen LogP contribution in [0.15, 0.2) is 60.7 Å². The van der Waals surface area contributed by atoms with Crippen molar-refractivity contribution in [1.29, 1.82) is 0 Å². The second kappa shape index (κ2) is 8.92. The average molecular weight is 440 g/mol. The lowest BCUT2D eigenvalue weighted by molar-refractivity contribution is -0.147. The quantitative estimate of drug-likeness (QED) is 0.531. The number of aliphatic hydroxyl groups excluding tert-OH is 1. The molecule has 1 fully saturated rings. The van der Waals surface area contributed by atoms with E-state index in [0.717, 1.165) is 15.6 Å². The van der Waals surface area contributed by atoms with Crippen LogP contribution in [0.2, 0.25) is 0 Å². The van der Waals surface area contributed by atoms with Gasteiger partial charge >= 0.3 is 0 Å². The molecule has 1 saturated heterocycles. The summed E-state index contributed by atoms with van der Waals surface area (Å²) in [5.74, 6) is 0. The molecule has 4 atom stereocenters. The van der Waals surface area contributed by atoms with Gasteiger partial charge in [0.25, 0.3) is 0 Å². The van der Waals surface area contributed by atoms with Gasteiger partial charge in [0.1, 0.15) is 12.2 Å². The third kappa shape index (κ3) is 4.55. The molecule has 4 nitrogen and oxygen atoms in total. The van der Waals surface area contributed by atoms with Gasteiger partial charge in [-0.25, -0.2) is 0 Å². The van der Waals surface area contributed by atoms with Crippen LogP contribution in [0, 0.1) is 0 Å². The minimum Gasteiger partial charge on any atom is -0.368 e. The second-order valence-corrected chi connectivity index (χ2v) is 6.62. The lowest BCUT2D eigenvalue weighted by Gasteiger charge is -2.23. The van der Waals surface area contributed by atoms with E-state index in [9.17, 15) is 5.11 Å². The summed E-state index contributed by atoms with van der Waals surface area (Å²) >= 11 is 2.25. The fourth-order valence-electron chi connectivity index (χ4n) is 2.74. The summed E-state index contributed by atoms with van der Waals surface area (Å²) < 4.78 is 18.3. The number of rotatable bonds is 7. The van der Waals surface area contributed by atoms with Crippen LogP contribution in [0.3, 0.4) is 0 Å². The van der Waals surface area contributed by atoms with Gasteiger partial charge in [0.2, 0.25) is 0 Å². The highest BCUT2D eigenvalue weighted by Crippen LogP contribution is 2.28. The van der Waals surface area contributed by atoms with Crippen LogP contribution in [0.5, 0.6) is 0 Å². The van der Waals surface area contributed by atoms with Crippen molar-refractivity contribution >= 4 is 22.6 Å². The Balaban J connectivity index is 1.63. The molecular weight excluding hydrogens is 419 g/mol. The van der Waals surface area contributed by atoms with E-state index in [1.807, 2.05) is 60.7 Å². The molecule has 1 aliphatic rings. The van der Waals surface area contributed by atoms with E-state index in [0.29, 0.717) is 13.2 Å². The summed E-state index contributed by atoms with van der Waals surface area (Å²) in [6.07, 6.45) is -1.92. The Kier molecular flexibility index (Phi) is 6.62. The molecule has 0 spiro atoms. The van der Waals surface area contributed by atoms with Gasteiger partial charge in [-0.1, -0.05) is 83.3 Å². The van der Waals surface area contributed by atoms with E-state index in [2.05, 4.69) is 22.6 Å². The largest absolute Gasteiger partial charge is 0.368 e. The third-order valence-corrected chi connectivity index (χ3v) is 4.88. The van der Waals surface area contributed by atoms with Crippen LogP contribution < -0.4 is 0 Å². The van der Waals surface area contributed by atoms with Gasteiger partial charge in [0, 0.05) is 4.43 Å². The van der Waals surface area contributed by atoms with Crippen molar-refractivity contribution < 1.29 is 19.3 Å². The normalized spacial score (nSPS) is 26.6. The highest BCUT2D eigenvalue weighted by atomic mass is 127. The van der Waals surface area contributed by atoms with Gasteiger partial charge in [-0.2, -0.15) is 0 Å². The highest BCUT2D eigenvalue weighted by molar-refractivity contribution is 14.1. The molecule has 5 heteroatoms. The third-order valence-electron chi connectivity index (χ3n) is 4.01. The molecule has 2 aromatic rings. The Bertz CT molecular complexity index is 607. The Labute approximate surface area is 155 Å². The summed E-state index contributed by atoms with van der Waals surface area (Å²) in [6, 6.07) is 19.9. The SMILES string of the molecule is O[C@@H]1O[C@H](CI)[C@H](OCc2ccccc2)[C@H]1OCc1ccccc1. The van der Waals surface area contributed by atoms with Gasteiger partial charge < -0.3 is 19.3 Å². The topological polar surface area (TPSA) is 47.9 Å². The van der Waals surface area contributed by atoms with Crippen LogP contribution in [0.1, 0.15) is 11.1 Å². The van der Waals surface area contributed by atoms with Gasteiger partial charge in [0.15, 0.2) is 6.29 Å². The predicted molar refractivity (Wildman–Crippen MR) is 99.8 cm³/mol. The molecular formula is C19H21IO4. The number of hydrogen-bond acceptors (Lipinski definition) is 4. The van der Waals surface area contributed by atoms with Crippen LogP contribution >= 0.6 is 22.6 Å². The van der Waals surface area contributed by atoms with Crippen LogP contribution in [0.4, 0.5) is 0 Å². The smallest absolute Gasteiger partial charge is 0.184 e. The molecule has 24 heavy (non-hydrogen) atoms. The zero-order valence-electron chi connectivity index (χ0n) is 13.3. The Morgan fingerprint density at radius 1 is 0.833 bits per heavy atom. The number of halogens is 1. The zero-order valence-corrected chi connectivity index (χ0v) is 15.4. The molecule has 1 aliphatic heterocycles. The molecule has 0 radical (unpaired) electrons. The molecule has 0 aliphatic carbocycles. The lowest BCUT2D eigenvalue weighted by Crippen LogP contribution is -2.38. The van der Waals surface area contributed by atoms with E-state index in [1.165, 1.54) is 0 Å². The molecule has 0 saturated carbocycles. The van der Waals surface area contributed by atoms with Gasteiger partial charge in [-0.3, -0.25) is 0 Å². The molecule has 1 N–H and O–H groups in total. The maximum Gasteiger partial charge on any atom is 0.184 e. The standard InChI is InChI=1S/C19H21IO4/c20-11-16-17(22-12-14-7-3-1-4-8-14)18(19(21)24-16)23-13-15-9-5-2-6-10-15/h1-10,16-19,21H,11-13H2/t16-,17+,18-,19-/m1/s1. The van der Waals surface area contributed by atoms with Gasteiger partial charge in [-0.15, -0.1) is 0 Å². The van der Waals surface area contributed by atoms with Crippen molar-refractivity contribution in [2.24, 2.45) is 0 Å². The molecule has 0 aromatic heterocycles. The van der Waals surface area contributed by atoms with Crippen LogP contribution in [-0.4, -0.2) is 34.1 Å². The minimum atomic E-state index is -0.964. The van der Waals surface area contributed by atoms with Crippen molar-refractivity contribution in [2.75, 3.05) is 4.43 Å². The molecule has 0 bridgehead atoms. The average Bonchev–Trinajstić information content (AvgIpc) is 2.94. The van der Waals surface area contributed by atoms with E-state index in [4.69, 9.17) is 14.2 Å². The fraction of sp³-hybridized carbons (Fsp3) is 0.368. The van der Waals surface area contributed by atoms with E-state index in [1.54, 1.807) is 0 Å². The molecule has 3 rings (SSSR count). The first kappa shape index (κ1) is 17.8. The summed E-state index contributed by atoms with van der Waals surface area (Å²) in [4.78, 5) is 0. The lowest BCUT2D eigenvalue weighted by atomic mass is 10.1. The first-order valence-electron chi connectivity index (χ1n) is 7.98. The molecule has 1 heterocycles. The number of hydrogen-bond donors (Lipinski definition) is 1. The maximum absolute atomic E-state index is 10.2. The van der Waals surface area contributed by atoms with Gasteiger partial charge in [0.05, 0.1) is 19.3 Å². The number of alkyl halides is 1. The molecule has 128 valence electrons. The van der Waals surface area contributed by atoms with Crippen molar-refractivity contribution in [3.63, 3.8) is 0 Å². The minimum absolute atomic E-state index is 0.176. The van der Waals surface area contributed by atoms with E-state index in [-0.39, 0.29) is 12.2 Å². The van der Waals surface area contributed by atoms with E-state index < -0.39 is 12.4 Å². The molecule has 0 amide bonds. The number of ether oxygens (including phenoxy) is 3. The fourth-order valence-corrected chi connectivity index (χ4v) is 3.45. The summed E-state index contributed by atoms with van der Waals surface area (Å²) in [5.41, 5.74) is 2.15. The zero-order chi connectivity index (χ0) is 16.8. The predicted octanol–water partition coefficient (Wildman–Crippen LogP) is 3.31. The van der Waals surface area contributed by atoms with Crippen molar-refractivity contribution in [1.82, 2.24) is 0 Å². The molecule has 2 aromatic carbocycles. The summed E-state index contributed by atoms with van der Waals surface area (Å²) in [5, 5.41) is 10.2. The van der Waals surface area contributed by atoms with Crippen molar-refractivity contribution in [2.45, 2.75) is 37.8 Å². The number of aliphatic hydroxyl groups is 1. The Morgan fingerprint density at radius 2 is 1.33 bits per heavy atom. The maximum atomic E-state index is 10.2. The van der Waals surface area contributed by atoms with Crippen molar-refractivity contribution in [3.8, 4) is 0 Å².